The fourth-order valence-corrected chi connectivity index (χ4v) is 1.15. The SMILES string of the molecule is CCCCOC(=O)OC(OC=O)(OC(=O)OC(C)C)C(=O)OC. The monoisotopic (exact) mass is 336 g/mol. The Morgan fingerprint density at radius 3 is 2.22 bits per heavy atom. The summed E-state index contributed by atoms with van der Waals surface area (Å²) in [5.41, 5.74) is 0. The summed E-state index contributed by atoms with van der Waals surface area (Å²) in [6.45, 7) is 4.58. The van der Waals surface area contributed by atoms with Crippen LogP contribution in [0.2, 0.25) is 0 Å². The topological polar surface area (TPSA) is 124 Å². The van der Waals surface area contributed by atoms with E-state index in [1.54, 1.807) is 0 Å². The Bertz CT molecular complexity index is 419. The highest BCUT2D eigenvalue weighted by molar-refractivity contribution is 5.82. The van der Waals surface area contributed by atoms with Crippen molar-refractivity contribution in [1.82, 2.24) is 0 Å². The van der Waals surface area contributed by atoms with Crippen molar-refractivity contribution in [2.24, 2.45) is 0 Å². The van der Waals surface area contributed by atoms with Crippen molar-refractivity contribution in [3.63, 3.8) is 0 Å². The van der Waals surface area contributed by atoms with Crippen molar-refractivity contribution in [1.29, 1.82) is 0 Å². The minimum Gasteiger partial charge on any atom is -0.460 e. The van der Waals surface area contributed by atoms with Gasteiger partial charge in [-0.25, -0.2) is 14.4 Å². The van der Waals surface area contributed by atoms with Crippen LogP contribution >= 0.6 is 0 Å². The van der Waals surface area contributed by atoms with E-state index < -0.39 is 30.4 Å². The van der Waals surface area contributed by atoms with Gasteiger partial charge in [0.15, 0.2) is 0 Å². The van der Waals surface area contributed by atoms with Gasteiger partial charge in [0.25, 0.3) is 6.47 Å². The molecule has 0 heterocycles. The Balaban J connectivity index is 5.16. The molecule has 0 bridgehead atoms. The molecule has 0 saturated heterocycles. The molecule has 0 radical (unpaired) electrons. The number of carbonyl (C=O) groups excluding carboxylic acids is 4. The van der Waals surface area contributed by atoms with E-state index in [-0.39, 0.29) is 13.1 Å². The van der Waals surface area contributed by atoms with Crippen LogP contribution in [-0.4, -0.2) is 50.5 Å². The number of unbranched alkanes of at least 4 members (excludes halogenated alkanes) is 1. The Hall–Kier alpha value is -2.52. The number of esters is 1. The third-order valence-electron chi connectivity index (χ3n) is 2.12. The molecule has 23 heavy (non-hydrogen) atoms. The summed E-state index contributed by atoms with van der Waals surface area (Å²) >= 11 is 0. The molecule has 0 rings (SSSR count). The van der Waals surface area contributed by atoms with Crippen LogP contribution in [-0.2, 0) is 38.0 Å². The highest BCUT2D eigenvalue weighted by atomic mass is 17.0. The van der Waals surface area contributed by atoms with Crippen LogP contribution < -0.4 is 0 Å². The standard InChI is InChI=1S/C13H20O10/c1-5-6-7-19-11(16)22-13(20-8-14,10(15)18-4)23-12(17)21-9(2)3/h8-9H,5-7H2,1-4H3. The van der Waals surface area contributed by atoms with Crippen molar-refractivity contribution < 1.29 is 47.6 Å². The summed E-state index contributed by atoms with van der Waals surface area (Å²) in [7, 11) is 0.897. The fraction of sp³-hybridized carbons (Fsp3) is 0.692. The van der Waals surface area contributed by atoms with E-state index >= 15 is 0 Å². The lowest BCUT2D eigenvalue weighted by molar-refractivity contribution is -0.309. The van der Waals surface area contributed by atoms with Crippen molar-refractivity contribution in [3.8, 4) is 0 Å². The van der Waals surface area contributed by atoms with Gasteiger partial charge in [-0.1, -0.05) is 13.3 Å². The minimum atomic E-state index is -3.09. The van der Waals surface area contributed by atoms with E-state index in [2.05, 4.69) is 28.4 Å². The van der Waals surface area contributed by atoms with Gasteiger partial charge in [0.2, 0.25) is 0 Å². The van der Waals surface area contributed by atoms with Crippen LogP contribution in [0.4, 0.5) is 9.59 Å². The first kappa shape index (κ1) is 20.5. The molecule has 0 aromatic carbocycles. The zero-order valence-electron chi connectivity index (χ0n) is 13.4. The molecule has 0 aliphatic heterocycles. The van der Waals surface area contributed by atoms with Crippen LogP contribution in [0.25, 0.3) is 0 Å². The largest absolute Gasteiger partial charge is 0.534 e. The second-order valence-corrected chi connectivity index (χ2v) is 4.33. The average molecular weight is 336 g/mol. The van der Waals surface area contributed by atoms with Crippen LogP contribution in [0.3, 0.4) is 0 Å². The number of hydrogen-bond acceptors (Lipinski definition) is 10. The van der Waals surface area contributed by atoms with Crippen molar-refractivity contribution in [3.05, 3.63) is 0 Å². The smallest absolute Gasteiger partial charge is 0.460 e. The number of ether oxygens (including phenoxy) is 6. The number of carbonyl (C=O) groups is 4. The normalized spacial score (nSPS) is 12.6. The Kier molecular flexibility index (Phi) is 9.12. The Labute approximate surface area is 132 Å². The molecule has 1 atom stereocenters. The van der Waals surface area contributed by atoms with Crippen molar-refractivity contribution in [2.75, 3.05) is 13.7 Å². The van der Waals surface area contributed by atoms with E-state index in [1.165, 1.54) is 13.8 Å². The van der Waals surface area contributed by atoms with E-state index in [9.17, 15) is 19.2 Å². The van der Waals surface area contributed by atoms with Crippen LogP contribution in [0.1, 0.15) is 33.6 Å². The molecule has 1 unspecified atom stereocenters. The molecular formula is C13H20O10. The summed E-state index contributed by atoms with van der Waals surface area (Å²) < 4.78 is 26.9. The quantitative estimate of drug-likeness (QED) is 0.201. The zero-order chi connectivity index (χ0) is 17.9. The maximum absolute atomic E-state index is 11.7. The lowest BCUT2D eigenvalue weighted by Crippen LogP contribution is -2.50. The molecule has 0 aromatic rings. The molecule has 0 aliphatic carbocycles. The molecule has 0 saturated carbocycles. The Morgan fingerprint density at radius 2 is 1.74 bits per heavy atom. The first-order valence-corrected chi connectivity index (χ1v) is 6.76. The summed E-state index contributed by atoms with van der Waals surface area (Å²) in [6, 6.07) is 0. The molecule has 0 aromatic heterocycles. The Morgan fingerprint density at radius 1 is 1.13 bits per heavy atom. The van der Waals surface area contributed by atoms with E-state index in [0.29, 0.717) is 6.42 Å². The lowest BCUT2D eigenvalue weighted by atomic mass is 10.4. The van der Waals surface area contributed by atoms with Gasteiger partial charge in [-0.2, -0.15) is 0 Å². The second-order valence-electron chi connectivity index (χ2n) is 4.33. The molecule has 0 amide bonds. The third-order valence-corrected chi connectivity index (χ3v) is 2.12. The summed E-state index contributed by atoms with van der Waals surface area (Å²) in [6.07, 6.45) is -2.16. The second kappa shape index (κ2) is 10.2. The molecule has 0 spiro atoms. The van der Waals surface area contributed by atoms with Gasteiger partial charge in [-0.15, -0.1) is 0 Å². The zero-order valence-corrected chi connectivity index (χ0v) is 13.4. The van der Waals surface area contributed by atoms with E-state index in [1.807, 2.05) is 6.92 Å². The van der Waals surface area contributed by atoms with Gasteiger partial charge in [0, 0.05) is 0 Å². The van der Waals surface area contributed by atoms with Gasteiger partial charge in [-0.05, 0) is 20.3 Å². The molecule has 0 aliphatic rings. The van der Waals surface area contributed by atoms with Gasteiger partial charge in [-0.3, -0.25) is 4.79 Å². The van der Waals surface area contributed by atoms with Crippen LogP contribution in [0, 0.1) is 0 Å². The first-order valence-electron chi connectivity index (χ1n) is 6.76. The van der Waals surface area contributed by atoms with Gasteiger partial charge in [0.1, 0.15) is 0 Å². The highest BCUT2D eigenvalue weighted by Gasteiger charge is 2.54. The molecule has 0 fully saturated rings. The van der Waals surface area contributed by atoms with Crippen molar-refractivity contribution in [2.45, 2.75) is 45.7 Å². The summed E-state index contributed by atoms with van der Waals surface area (Å²) in [5, 5.41) is 0. The van der Waals surface area contributed by atoms with Crippen molar-refractivity contribution >= 4 is 24.8 Å². The third kappa shape index (κ3) is 7.34. The van der Waals surface area contributed by atoms with Gasteiger partial charge >= 0.3 is 24.3 Å². The number of methoxy groups -OCH3 is 1. The lowest BCUT2D eigenvalue weighted by Gasteiger charge is -2.26. The maximum atomic E-state index is 11.7. The van der Waals surface area contributed by atoms with Crippen LogP contribution in [0.15, 0.2) is 0 Å². The van der Waals surface area contributed by atoms with E-state index in [4.69, 9.17) is 0 Å². The summed E-state index contributed by atoms with van der Waals surface area (Å²) in [5.74, 6) is -4.57. The molecule has 132 valence electrons. The fourth-order valence-electron chi connectivity index (χ4n) is 1.15. The first-order chi connectivity index (χ1) is 10.8. The number of hydrogen-bond donors (Lipinski definition) is 0. The van der Waals surface area contributed by atoms with Gasteiger partial charge < -0.3 is 28.4 Å². The highest BCUT2D eigenvalue weighted by Crippen LogP contribution is 2.19. The number of rotatable bonds is 9. The minimum absolute atomic E-state index is 0.00981. The summed E-state index contributed by atoms with van der Waals surface area (Å²) in [4.78, 5) is 45.4. The predicted molar refractivity (Wildman–Crippen MR) is 71.9 cm³/mol. The van der Waals surface area contributed by atoms with Gasteiger partial charge in [0.05, 0.1) is 19.8 Å². The average Bonchev–Trinajstić information content (AvgIpc) is 2.45. The molecule has 10 heteroatoms. The molecular weight excluding hydrogens is 316 g/mol. The van der Waals surface area contributed by atoms with Crippen LogP contribution in [0.5, 0.6) is 0 Å². The molecule has 0 N–H and O–H groups in total. The maximum Gasteiger partial charge on any atom is 0.534 e. The predicted octanol–water partition coefficient (Wildman–Crippen LogP) is 1.50. The molecule has 10 nitrogen and oxygen atoms in total. The van der Waals surface area contributed by atoms with E-state index in [0.717, 1.165) is 13.5 Å².